The monoisotopic (exact) mass is 520 g/mol. The number of aromatic nitrogens is 3. The van der Waals surface area contributed by atoms with Gasteiger partial charge in [-0.3, -0.25) is 0 Å². The predicted octanol–water partition coefficient (Wildman–Crippen LogP) is 5.20. The number of aryl methyl sites for hydroxylation is 1. The van der Waals surface area contributed by atoms with Crippen LogP contribution in [0.5, 0.6) is 0 Å². The van der Waals surface area contributed by atoms with E-state index >= 15 is 0 Å². The van der Waals surface area contributed by atoms with Crippen molar-refractivity contribution < 1.29 is 4.79 Å². The summed E-state index contributed by atoms with van der Waals surface area (Å²) < 4.78 is 2.66. The smallest absolute Gasteiger partial charge is 0.314 e. The molecule has 0 saturated carbocycles. The predicted molar refractivity (Wildman–Crippen MR) is 140 cm³/mol. The van der Waals surface area contributed by atoms with Crippen LogP contribution in [0.15, 0.2) is 71.3 Å². The third-order valence-electron chi connectivity index (χ3n) is 5.59. The van der Waals surface area contributed by atoms with E-state index in [1.54, 1.807) is 6.20 Å². The Hall–Kier alpha value is -3.39. The highest BCUT2D eigenvalue weighted by Crippen LogP contribution is 2.27. The Morgan fingerprint density at radius 2 is 1.71 bits per heavy atom. The summed E-state index contributed by atoms with van der Waals surface area (Å²) in [5, 5.41) is 13.8. The summed E-state index contributed by atoms with van der Waals surface area (Å²) in [7, 11) is 0. The lowest BCUT2D eigenvalue weighted by atomic mass is 10.1. The molecular weight excluding hydrogens is 492 g/mol. The maximum Gasteiger partial charge on any atom is 0.314 e. The van der Waals surface area contributed by atoms with Gasteiger partial charge in [-0.25, -0.2) is 9.78 Å². The van der Waals surface area contributed by atoms with Crippen molar-refractivity contribution in [2.75, 3.05) is 25.0 Å². The second-order valence-corrected chi connectivity index (χ2v) is 8.98. The fraction of sp³-hybridized carbons (Fsp3) is 0.269. The Balaban J connectivity index is 1.24. The molecule has 4 aromatic rings. The third-order valence-corrected chi connectivity index (χ3v) is 6.15. The molecule has 0 fully saturated rings. The van der Waals surface area contributed by atoms with Crippen molar-refractivity contribution in [3.63, 3.8) is 0 Å². The number of carbonyl (C=O) groups is 1. The summed E-state index contributed by atoms with van der Waals surface area (Å²) in [6.07, 6.45) is 4.37. The highest BCUT2D eigenvalue weighted by molar-refractivity contribution is 9.10. The number of nitrogens with one attached hydrogen (secondary N) is 3. The van der Waals surface area contributed by atoms with Gasteiger partial charge in [0, 0.05) is 31.3 Å². The number of hydrogen-bond donors (Lipinski definition) is 3. The minimum absolute atomic E-state index is 0.121. The maximum atomic E-state index is 12.0. The van der Waals surface area contributed by atoms with Gasteiger partial charge in [-0.2, -0.15) is 9.61 Å². The molecule has 0 aliphatic heterocycles. The van der Waals surface area contributed by atoms with Crippen LogP contribution in [0.25, 0.3) is 16.9 Å². The molecule has 0 aliphatic rings. The fourth-order valence-electron chi connectivity index (χ4n) is 3.76. The SMILES string of the molecule is Cc1ccccc1-c1cc(NCCCCNC(=O)NCCc2ccccc2)n2ncc(Br)c2n1. The molecule has 0 bridgehead atoms. The van der Waals surface area contributed by atoms with Gasteiger partial charge >= 0.3 is 6.03 Å². The van der Waals surface area contributed by atoms with E-state index < -0.39 is 0 Å². The van der Waals surface area contributed by atoms with Gasteiger partial charge in [-0.05, 0) is 53.2 Å². The molecule has 2 aromatic heterocycles. The van der Waals surface area contributed by atoms with Gasteiger partial charge in [-0.1, -0.05) is 54.6 Å². The standard InChI is InChI=1S/C26H29BrN6O/c1-19-9-5-6-12-21(19)23-17-24(33-25(32-23)22(27)18-31-33)28-14-7-8-15-29-26(34)30-16-13-20-10-3-2-4-11-20/h2-6,9-12,17-18,28H,7-8,13-16H2,1H3,(H2,29,30,34). The first-order chi connectivity index (χ1) is 16.6. The zero-order valence-electron chi connectivity index (χ0n) is 19.2. The molecule has 0 spiro atoms. The highest BCUT2D eigenvalue weighted by atomic mass is 79.9. The van der Waals surface area contributed by atoms with E-state index in [9.17, 15) is 4.79 Å². The molecule has 8 heteroatoms. The summed E-state index contributed by atoms with van der Waals surface area (Å²) >= 11 is 3.55. The first-order valence-corrected chi connectivity index (χ1v) is 12.3. The number of benzene rings is 2. The van der Waals surface area contributed by atoms with Crippen molar-refractivity contribution in [1.29, 1.82) is 0 Å². The van der Waals surface area contributed by atoms with E-state index in [1.807, 2.05) is 40.9 Å². The van der Waals surface area contributed by atoms with E-state index in [0.717, 1.165) is 53.0 Å². The molecule has 2 aromatic carbocycles. The second-order valence-electron chi connectivity index (χ2n) is 8.12. The lowest BCUT2D eigenvalue weighted by Gasteiger charge is -2.12. The molecule has 3 N–H and O–H groups in total. The number of hydrogen-bond acceptors (Lipinski definition) is 4. The number of anilines is 1. The summed E-state index contributed by atoms with van der Waals surface area (Å²) in [6, 6.07) is 20.3. The van der Waals surface area contributed by atoms with Crippen LogP contribution in [0.4, 0.5) is 10.6 Å². The van der Waals surface area contributed by atoms with Gasteiger partial charge in [0.2, 0.25) is 0 Å². The van der Waals surface area contributed by atoms with Crippen LogP contribution in [0, 0.1) is 6.92 Å². The van der Waals surface area contributed by atoms with Crippen LogP contribution >= 0.6 is 15.9 Å². The fourth-order valence-corrected chi connectivity index (χ4v) is 4.10. The van der Waals surface area contributed by atoms with Crippen molar-refractivity contribution in [1.82, 2.24) is 25.2 Å². The van der Waals surface area contributed by atoms with Gasteiger partial charge in [0.15, 0.2) is 5.65 Å². The average Bonchev–Trinajstić information content (AvgIpc) is 3.23. The van der Waals surface area contributed by atoms with Crippen molar-refractivity contribution in [2.24, 2.45) is 0 Å². The summed E-state index contributed by atoms with van der Waals surface area (Å²) in [5.74, 6) is 0.889. The largest absolute Gasteiger partial charge is 0.370 e. The Labute approximate surface area is 208 Å². The minimum atomic E-state index is -0.121. The summed E-state index contributed by atoms with van der Waals surface area (Å²) in [6.45, 7) is 4.11. The van der Waals surface area contributed by atoms with Gasteiger partial charge in [0.25, 0.3) is 0 Å². The van der Waals surface area contributed by atoms with E-state index in [2.05, 4.69) is 68.2 Å². The van der Waals surface area contributed by atoms with E-state index in [1.165, 1.54) is 11.1 Å². The van der Waals surface area contributed by atoms with E-state index in [-0.39, 0.29) is 6.03 Å². The maximum absolute atomic E-state index is 12.0. The van der Waals surface area contributed by atoms with Crippen molar-refractivity contribution in [3.05, 3.63) is 82.5 Å². The Morgan fingerprint density at radius 1 is 0.971 bits per heavy atom. The van der Waals surface area contributed by atoms with Gasteiger partial charge in [0.05, 0.1) is 16.4 Å². The molecule has 176 valence electrons. The third kappa shape index (κ3) is 6.14. The lowest BCUT2D eigenvalue weighted by molar-refractivity contribution is 0.241. The van der Waals surface area contributed by atoms with Crippen LogP contribution in [0.1, 0.15) is 24.0 Å². The molecule has 0 aliphatic carbocycles. The number of fused-ring (bicyclic) bond motifs is 1. The molecule has 0 radical (unpaired) electrons. The second kappa shape index (κ2) is 11.7. The first kappa shape index (κ1) is 23.8. The van der Waals surface area contributed by atoms with Crippen molar-refractivity contribution in [3.8, 4) is 11.3 Å². The molecule has 4 rings (SSSR count). The van der Waals surface area contributed by atoms with Gasteiger partial charge < -0.3 is 16.0 Å². The lowest BCUT2D eigenvalue weighted by Crippen LogP contribution is -2.37. The molecule has 0 unspecified atom stereocenters. The minimum Gasteiger partial charge on any atom is -0.370 e. The quantitative estimate of drug-likeness (QED) is 0.251. The number of urea groups is 1. The topological polar surface area (TPSA) is 83.3 Å². The molecule has 2 amide bonds. The summed E-state index contributed by atoms with van der Waals surface area (Å²) in [4.78, 5) is 16.8. The molecule has 7 nitrogen and oxygen atoms in total. The number of nitrogens with zero attached hydrogens (tertiary/aromatic N) is 3. The summed E-state index contributed by atoms with van der Waals surface area (Å²) in [5.41, 5.74) is 5.17. The Bertz CT molecular complexity index is 1240. The number of rotatable bonds is 10. The highest BCUT2D eigenvalue weighted by Gasteiger charge is 2.12. The normalized spacial score (nSPS) is 10.9. The molecule has 0 atom stereocenters. The van der Waals surface area contributed by atoms with E-state index in [4.69, 9.17) is 4.98 Å². The van der Waals surface area contributed by atoms with Crippen LogP contribution in [0.2, 0.25) is 0 Å². The number of amides is 2. The van der Waals surface area contributed by atoms with Gasteiger partial charge in [0.1, 0.15) is 5.82 Å². The zero-order chi connectivity index (χ0) is 23.8. The van der Waals surface area contributed by atoms with Crippen LogP contribution < -0.4 is 16.0 Å². The first-order valence-electron chi connectivity index (χ1n) is 11.5. The molecule has 34 heavy (non-hydrogen) atoms. The molecular formula is C26H29BrN6O. The molecule has 2 heterocycles. The zero-order valence-corrected chi connectivity index (χ0v) is 20.8. The van der Waals surface area contributed by atoms with Crippen molar-refractivity contribution >= 4 is 33.4 Å². The number of halogens is 1. The van der Waals surface area contributed by atoms with Crippen LogP contribution in [-0.2, 0) is 6.42 Å². The number of carbonyl (C=O) groups excluding carboxylic acids is 1. The Kier molecular flexibility index (Phi) is 8.14. The van der Waals surface area contributed by atoms with Crippen LogP contribution in [-0.4, -0.2) is 40.3 Å². The molecule has 0 saturated heterocycles. The number of unbranched alkanes of at least 4 members (excludes halogenated alkanes) is 1. The van der Waals surface area contributed by atoms with Crippen LogP contribution in [0.3, 0.4) is 0 Å². The Morgan fingerprint density at radius 3 is 2.53 bits per heavy atom. The van der Waals surface area contributed by atoms with Gasteiger partial charge in [-0.15, -0.1) is 0 Å². The van der Waals surface area contributed by atoms with Crippen molar-refractivity contribution in [2.45, 2.75) is 26.2 Å². The van der Waals surface area contributed by atoms with E-state index in [0.29, 0.717) is 13.1 Å². The average molecular weight is 521 g/mol.